The molecule has 11 heteroatoms. The van der Waals surface area contributed by atoms with Gasteiger partial charge in [0.2, 0.25) is 5.91 Å². The molecule has 0 unspecified atom stereocenters. The summed E-state index contributed by atoms with van der Waals surface area (Å²) in [5.74, 6) is 4.38. The lowest BCUT2D eigenvalue weighted by Crippen LogP contribution is -2.25. The van der Waals surface area contributed by atoms with E-state index >= 15 is 0 Å². The summed E-state index contributed by atoms with van der Waals surface area (Å²) in [6.07, 6.45) is -0.825. The summed E-state index contributed by atoms with van der Waals surface area (Å²) in [6.45, 7) is 1.68. The molecule has 0 saturated carbocycles. The molecule has 0 spiro atoms. The van der Waals surface area contributed by atoms with Crippen LogP contribution >= 0.6 is 0 Å². The number of nitrogens with zero attached hydrogens (tertiary/aromatic N) is 2. The Morgan fingerprint density at radius 3 is 2.70 bits per heavy atom. The number of aromatic amines is 1. The number of hydrogen-bond acceptors (Lipinski definition) is 5. The minimum atomic E-state index is -4.57. The summed E-state index contributed by atoms with van der Waals surface area (Å²) in [7, 11) is 0. The van der Waals surface area contributed by atoms with Gasteiger partial charge in [0.25, 0.3) is 0 Å². The van der Waals surface area contributed by atoms with Gasteiger partial charge in [0.15, 0.2) is 0 Å². The van der Waals surface area contributed by atoms with E-state index < -0.39 is 17.8 Å². The molecule has 3 N–H and O–H groups in total. The number of pyridine rings is 1. The molecule has 0 atom stereocenters. The number of halogens is 3. The SMILES string of the molecule is CC(=O)NCCOc1ccc(-c2ncc(C(F)(F)F)[nH]2)cc1NC(=O)C#Cc1cccnc1. The van der Waals surface area contributed by atoms with Crippen LogP contribution in [0.1, 0.15) is 18.2 Å². The smallest absolute Gasteiger partial charge is 0.432 e. The third-order valence-corrected chi connectivity index (χ3v) is 4.10. The topological polar surface area (TPSA) is 109 Å². The number of nitrogens with one attached hydrogen (secondary N) is 3. The Balaban J connectivity index is 1.84. The maximum Gasteiger partial charge on any atom is 0.432 e. The quantitative estimate of drug-likeness (QED) is 0.390. The van der Waals surface area contributed by atoms with Crippen molar-refractivity contribution in [3.63, 3.8) is 0 Å². The Hall–Kier alpha value is -4.33. The number of imidazole rings is 1. The molecule has 0 aliphatic carbocycles. The molecule has 1 aromatic carbocycles. The Bertz CT molecular complexity index is 1200. The highest BCUT2D eigenvalue weighted by Gasteiger charge is 2.33. The molecule has 0 radical (unpaired) electrons. The van der Waals surface area contributed by atoms with Crippen LogP contribution in [0.4, 0.5) is 18.9 Å². The van der Waals surface area contributed by atoms with E-state index in [-0.39, 0.29) is 41.9 Å². The lowest BCUT2D eigenvalue weighted by Gasteiger charge is -2.13. The Morgan fingerprint density at radius 1 is 1.21 bits per heavy atom. The number of amides is 2. The van der Waals surface area contributed by atoms with E-state index in [1.165, 1.54) is 31.3 Å². The third kappa shape index (κ3) is 6.83. The van der Waals surface area contributed by atoms with Crippen LogP contribution in [0.5, 0.6) is 5.75 Å². The monoisotopic (exact) mass is 457 g/mol. The molecule has 0 saturated heterocycles. The van der Waals surface area contributed by atoms with E-state index in [9.17, 15) is 22.8 Å². The zero-order valence-electron chi connectivity index (χ0n) is 17.3. The predicted octanol–water partition coefficient (Wildman–Crippen LogP) is 3.00. The van der Waals surface area contributed by atoms with Crippen LogP contribution in [0.15, 0.2) is 48.9 Å². The standard InChI is InChI=1S/C22H18F3N5O3/c1-14(31)27-9-10-33-18-6-5-16(21-28-13-19(30-21)22(23,24)25)11-17(18)29-20(32)7-4-15-3-2-8-26-12-15/h2-3,5-6,8,11-13H,9-10H2,1H3,(H,27,31)(H,28,30)(H,29,32). The van der Waals surface area contributed by atoms with Crippen LogP contribution in [0.2, 0.25) is 0 Å². The van der Waals surface area contributed by atoms with Crippen molar-refractivity contribution in [2.45, 2.75) is 13.1 Å². The van der Waals surface area contributed by atoms with Crippen molar-refractivity contribution >= 4 is 17.5 Å². The Labute approximate surface area is 186 Å². The minimum Gasteiger partial charge on any atom is -0.490 e. The number of rotatable bonds is 6. The third-order valence-electron chi connectivity index (χ3n) is 4.10. The van der Waals surface area contributed by atoms with Crippen molar-refractivity contribution in [1.29, 1.82) is 0 Å². The molecule has 0 aliphatic rings. The van der Waals surface area contributed by atoms with Gasteiger partial charge in [-0.1, -0.05) is 5.92 Å². The number of hydrogen-bond donors (Lipinski definition) is 3. The van der Waals surface area contributed by atoms with Gasteiger partial charge in [-0.25, -0.2) is 4.98 Å². The molecule has 2 amide bonds. The van der Waals surface area contributed by atoms with Crippen LogP contribution in [0.3, 0.4) is 0 Å². The maximum absolute atomic E-state index is 12.9. The van der Waals surface area contributed by atoms with Gasteiger partial charge in [0.1, 0.15) is 23.9 Å². The second-order valence-corrected chi connectivity index (χ2v) is 6.63. The van der Waals surface area contributed by atoms with Crippen LogP contribution < -0.4 is 15.4 Å². The normalized spacial score (nSPS) is 10.7. The number of H-pyrrole nitrogens is 1. The molecule has 170 valence electrons. The summed E-state index contributed by atoms with van der Waals surface area (Å²) in [6, 6.07) is 7.73. The molecular formula is C22H18F3N5O3. The maximum atomic E-state index is 12.9. The highest BCUT2D eigenvalue weighted by atomic mass is 19.4. The lowest BCUT2D eigenvalue weighted by molar-refractivity contribution is -0.140. The predicted molar refractivity (Wildman–Crippen MR) is 113 cm³/mol. The van der Waals surface area contributed by atoms with Crippen molar-refractivity contribution in [1.82, 2.24) is 20.3 Å². The van der Waals surface area contributed by atoms with Crippen LogP contribution in [-0.2, 0) is 15.8 Å². The number of anilines is 1. The second-order valence-electron chi connectivity index (χ2n) is 6.63. The van der Waals surface area contributed by atoms with Gasteiger partial charge in [-0.15, -0.1) is 0 Å². The molecule has 2 aromatic heterocycles. The molecule has 3 rings (SSSR count). The van der Waals surface area contributed by atoms with Gasteiger partial charge in [0.05, 0.1) is 18.4 Å². The van der Waals surface area contributed by atoms with E-state index in [0.717, 1.165) is 0 Å². The average Bonchev–Trinajstić information content (AvgIpc) is 3.28. The van der Waals surface area contributed by atoms with E-state index in [1.54, 1.807) is 18.3 Å². The summed E-state index contributed by atoms with van der Waals surface area (Å²) < 4.78 is 44.3. The molecule has 0 bridgehead atoms. The average molecular weight is 457 g/mol. The fourth-order valence-corrected chi connectivity index (χ4v) is 2.62. The molecule has 8 nitrogen and oxygen atoms in total. The first kappa shape index (κ1) is 23.3. The summed E-state index contributed by atoms with van der Waals surface area (Å²) >= 11 is 0. The fraction of sp³-hybridized carbons (Fsp3) is 0.182. The van der Waals surface area contributed by atoms with E-state index in [4.69, 9.17) is 4.74 Å². The van der Waals surface area contributed by atoms with Crippen LogP contribution in [0, 0.1) is 11.8 Å². The van der Waals surface area contributed by atoms with Gasteiger partial charge in [-0.3, -0.25) is 14.6 Å². The number of benzene rings is 1. The largest absolute Gasteiger partial charge is 0.490 e. The number of carbonyl (C=O) groups is 2. The van der Waals surface area contributed by atoms with Gasteiger partial charge in [-0.05, 0) is 30.3 Å². The first-order chi connectivity index (χ1) is 15.7. The number of aromatic nitrogens is 3. The first-order valence-electron chi connectivity index (χ1n) is 9.59. The van der Waals surface area contributed by atoms with Crippen molar-refractivity contribution in [2.75, 3.05) is 18.5 Å². The molecule has 2 heterocycles. The molecule has 0 fully saturated rings. The first-order valence-corrected chi connectivity index (χ1v) is 9.59. The molecule has 3 aromatic rings. The van der Waals surface area contributed by atoms with Crippen molar-refractivity contribution in [3.8, 4) is 29.0 Å². The van der Waals surface area contributed by atoms with Crippen LogP contribution in [0.25, 0.3) is 11.4 Å². The van der Waals surface area contributed by atoms with Crippen LogP contribution in [-0.4, -0.2) is 39.9 Å². The van der Waals surface area contributed by atoms with Gasteiger partial charge >= 0.3 is 12.1 Å². The zero-order valence-corrected chi connectivity index (χ0v) is 17.3. The summed E-state index contributed by atoms with van der Waals surface area (Å²) in [5.41, 5.74) is -0.00879. The minimum absolute atomic E-state index is 0.0379. The summed E-state index contributed by atoms with van der Waals surface area (Å²) in [5, 5.41) is 5.14. The van der Waals surface area contributed by atoms with Gasteiger partial charge < -0.3 is 20.4 Å². The molecular weight excluding hydrogens is 439 g/mol. The zero-order chi connectivity index (χ0) is 23.8. The number of alkyl halides is 3. The van der Waals surface area contributed by atoms with Gasteiger partial charge in [-0.2, -0.15) is 13.2 Å². The second kappa shape index (κ2) is 10.3. The molecule has 33 heavy (non-hydrogen) atoms. The molecule has 0 aliphatic heterocycles. The van der Waals surface area contributed by atoms with E-state index in [2.05, 4.69) is 37.4 Å². The van der Waals surface area contributed by atoms with Crippen molar-refractivity contribution in [3.05, 3.63) is 60.2 Å². The van der Waals surface area contributed by atoms with E-state index in [0.29, 0.717) is 11.8 Å². The highest BCUT2D eigenvalue weighted by Crippen LogP contribution is 2.32. The lowest BCUT2D eigenvalue weighted by atomic mass is 10.1. The highest BCUT2D eigenvalue weighted by molar-refractivity contribution is 6.05. The van der Waals surface area contributed by atoms with Crippen molar-refractivity contribution < 1.29 is 27.5 Å². The summed E-state index contributed by atoms with van der Waals surface area (Å²) in [4.78, 5) is 33.2. The van der Waals surface area contributed by atoms with Crippen molar-refractivity contribution in [2.24, 2.45) is 0 Å². The fourth-order valence-electron chi connectivity index (χ4n) is 2.62. The Morgan fingerprint density at radius 2 is 2.03 bits per heavy atom. The number of carbonyl (C=O) groups excluding carboxylic acids is 2. The van der Waals surface area contributed by atoms with Gasteiger partial charge in [0, 0.05) is 36.4 Å². The Kier molecular flexibility index (Phi) is 7.30. The number of ether oxygens (including phenoxy) is 1. The van der Waals surface area contributed by atoms with E-state index in [1.807, 2.05) is 0 Å².